The highest BCUT2D eigenvalue weighted by atomic mass is 16.5. The summed E-state index contributed by atoms with van der Waals surface area (Å²) in [4.78, 5) is 24.1. The van der Waals surface area contributed by atoms with Gasteiger partial charge in [0.1, 0.15) is 17.5 Å². The molecule has 0 aromatic heterocycles. The van der Waals surface area contributed by atoms with Crippen LogP contribution in [0, 0.1) is 5.92 Å². The third-order valence-corrected chi connectivity index (χ3v) is 3.10. The molecule has 1 unspecified atom stereocenters. The number of methoxy groups -OCH3 is 2. The Kier molecular flexibility index (Phi) is 6.02. The lowest BCUT2D eigenvalue weighted by Gasteiger charge is -2.21. The molecule has 0 aliphatic rings. The van der Waals surface area contributed by atoms with E-state index in [1.807, 2.05) is 13.8 Å². The standard InChI is InChI=1S/C15H22N2O4/c1-9(2)13(15(19)16-3)17-14(18)10-6-11(20-4)8-12(7-10)21-5/h6-9,13H,1-5H3,(H,16,19)(H,17,18). The van der Waals surface area contributed by atoms with Crippen molar-refractivity contribution in [1.82, 2.24) is 10.6 Å². The van der Waals surface area contributed by atoms with Crippen LogP contribution in [0.2, 0.25) is 0 Å². The average molecular weight is 294 g/mol. The number of nitrogens with one attached hydrogen (secondary N) is 2. The lowest BCUT2D eigenvalue weighted by Crippen LogP contribution is -2.48. The van der Waals surface area contributed by atoms with Gasteiger partial charge in [-0.2, -0.15) is 0 Å². The number of rotatable bonds is 6. The van der Waals surface area contributed by atoms with Crippen LogP contribution in [0.5, 0.6) is 11.5 Å². The Morgan fingerprint density at radius 1 is 1.05 bits per heavy atom. The van der Waals surface area contributed by atoms with Crippen LogP contribution >= 0.6 is 0 Å². The minimum Gasteiger partial charge on any atom is -0.497 e. The van der Waals surface area contributed by atoms with Gasteiger partial charge in [-0.15, -0.1) is 0 Å². The van der Waals surface area contributed by atoms with E-state index in [0.29, 0.717) is 17.1 Å². The third kappa shape index (κ3) is 4.37. The first kappa shape index (κ1) is 16.8. The molecule has 116 valence electrons. The van der Waals surface area contributed by atoms with E-state index in [2.05, 4.69) is 10.6 Å². The van der Waals surface area contributed by atoms with Crippen molar-refractivity contribution >= 4 is 11.8 Å². The molecule has 0 radical (unpaired) electrons. The minimum absolute atomic E-state index is 0.0265. The van der Waals surface area contributed by atoms with Gasteiger partial charge in [0.25, 0.3) is 5.91 Å². The highest BCUT2D eigenvalue weighted by molar-refractivity contribution is 5.98. The van der Waals surface area contributed by atoms with E-state index in [0.717, 1.165) is 0 Å². The summed E-state index contributed by atoms with van der Waals surface area (Å²) in [6.45, 7) is 3.73. The Morgan fingerprint density at radius 3 is 1.95 bits per heavy atom. The number of benzene rings is 1. The predicted octanol–water partition coefficient (Wildman–Crippen LogP) is 1.20. The molecule has 0 heterocycles. The summed E-state index contributed by atoms with van der Waals surface area (Å²) in [7, 11) is 4.56. The second-order valence-electron chi connectivity index (χ2n) is 4.91. The summed E-state index contributed by atoms with van der Waals surface area (Å²) < 4.78 is 10.3. The van der Waals surface area contributed by atoms with Gasteiger partial charge in [-0.25, -0.2) is 0 Å². The van der Waals surface area contributed by atoms with Crippen LogP contribution in [-0.4, -0.2) is 39.1 Å². The molecule has 0 saturated heterocycles. The maximum atomic E-state index is 12.3. The molecule has 0 spiro atoms. The zero-order chi connectivity index (χ0) is 16.0. The maximum Gasteiger partial charge on any atom is 0.252 e. The van der Waals surface area contributed by atoms with Gasteiger partial charge in [0.2, 0.25) is 5.91 Å². The summed E-state index contributed by atoms with van der Waals surface area (Å²) in [5.74, 6) is 0.421. The zero-order valence-corrected chi connectivity index (χ0v) is 13.0. The SMILES string of the molecule is CNC(=O)C(NC(=O)c1cc(OC)cc(OC)c1)C(C)C. The fourth-order valence-electron chi connectivity index (χ4n) is 1.85. The second-order valence-corrected chi connectivity index (χ2v) is 4.91. The van der Waals surface area contributed by atoms with Gasteiger partial charge in [-0.1, -0.05) is 13.8 Å². The van der Waals surface area contributed by atoms with Crippen LogP contribution in [0.3, 0.4) is 0 Å². The molecule has 0 aliphatic carbocycles. The first-order valence-electron chi connectivity index (χ1n) is 6.68. The molecular formula is C15H22N2O4. The molecule has 6 nitrogen and oxygen atoms in total. The molecule has 1 rings (SSSR count). The third-order valence-electron chi connectivity index (χ3n) is 3.10. The van der Waals surface area contributed by atoms with Crippen LogP contribution in [0.15, 0.2) is 18.2 Å². The Hall–Kier alpha value is -2.24. The lowest BCUT2D eigenvalue weighted by molar-refractivity contribution is -0.123. The predicted molar refractivity (Wildman–Crippen MR) is 79.7 cm³/mol. The number of likely N-dealkylation sites (N-methyl/N-ethyl adjacent to an activating group) is 1. The van der Waals surface area contributed by atoms with Crippen molar-refractivity contribution in [2.75, 3.05) is 21.3 Å². The second kappa shape index (κ2) is 7.52. The Balaban J connectivity index is 2.99. The molecule has 1 aromatic carbocycles. The molecule has 1 aromatic rings. The minimum atomic E-state index is -0.598. The molecular weight excluding hydrogens is 272 g/mol. The maximum absolute atomic E-state index is 12.3. The van der Waals surface area contributed by atoms with E-state index < -0.39 is 6.04 Å². The Labute approximate surface area is 124 Å². The molecule has 0 saturated carbocycles. The summed E-state index contributed by atoms with van der Waals surface area (Å²) in [6.07, 6.45) is 0. The highest BCUT2D eigenvalue weighted by Crippen LogP contribution is 2.22. The van der Waals surface area contributed by atoms with Gasteiger partial charge in [0.15, 0.2) is 0 Å². The van der Waals surface area contributed by atoms with Crippen molar-refractivity contribution < 1.29 is 19.1 Å². The van der Waals surface area contributed by atoms with Crippen molar-refractivity contribution in [2.45, 2.75) is 19.9 Å². The van der Waals surface area contributed by atoms with Gasteiger partial charge in [-0.3, -0.25) is 9.59 Å². The van der Waals surface area contributed by atoms with E-state index in [4.69, 9.17) is 9.47 Å². The van der Waals surface area contributed by atoms with Gasteiger partial charge >= 0.3 is 0 Å². The molecule has 0 aliphatic heterocycles. The lowest BCUT2D eigenvalue weighted by atomic mass is 10.0. The number of carbonyl (C=O) groups excluding carboxylic acids is 2. The molecule has 0 fully saturated rings. The van der Waals surface area contributed by atoms with Gasteiger partial charge in [0, 0.05) is 18.7 Å². The van der Waals surface area contributed by atoms with Crippen molar-refractivity contribution in [2.24, 2.45) is 5.92 Å². The molecule has 0 bridgehead atoms. The first-order chi connectivity index (χ1) is 9.92. The average Bonchev–Trinajstić information content (AvgIpc) is 2.50. The normalized spacial score (nSPS) is 11.7. The monoisotopic (exact) mass is 294 g/mol. The smallest absolute Gasteiger partial charge is 0.252 e. The van der Waals surface area contributed by atoms with Crippen molar-refractivity contribution in [3.05, 3.63) is 23.8 Å². The van der Waals surface area contributed by atoms with E-state index in [1.165, 1.54) is 14.2 Å². The fourth-order valence-corrected chi connectivity index (χ4v) is 1.85. The van der Waals surface area contributed by atoms with Gasteiger partial charge in [-0.05, 0) is 18.1 Å². The number of carbonyl (C=O) groups is 2. The fraction of sp³-hybridized carbons (Fsp3) is 0.467. The van der Waals surface area contributed by atoms with Crippen molar-refractivity contribution in [1.29, 1.82) is 0 Å². The first-order valence-corrected chi connectivity index (χ1v) is 6.68. The number of ether oxygens (including phenoxy) is 2. The van der Waals surface area contributed by atoms with E-state index in [9.17, 15) is 9.59 Å². The highest BCUT2D eigenvalue weighted by Gasteiger charge is 2.24. The van der Waals surface area contributed by atoms with Crippen LogP contribution in [0.25, 0.3) is 0 Å². The van der Waals surface area contributed by atoms with E-state index in [-0.39, 0.29) is 17.7 Å². The zero-order valence-electron chi connectivity index (χ0n) is 13.0. The van der Waals surface area contributed by atoms with Gasteiger partial charge in [0.05, 0.1) is 14.2 Å². The quantitative estimate of drug-likeness (QED) is 0.826. The van der Waals surface area contributed by atoms with E-state index in [1.54, 1.807) is 25.2 Å². The van der Waals surface area contributed by atoms with Crippen LogP contribution in [-0.2, 0) is 4.79 Å². The molecule has 2 N–H and O–H groups in total. The van der Waals surface area contributed by atoms with Gasteiger partial charge < -0.3 is 20.1 Å². The number of amides is 2. The molecule has 1 atom stereocenters. The van der Waals surface area contributed by atoms with Crippen LogP contribution < -0.4 is 20.1 Å². The summed E-state index contributed by atoms with van der Waals surface area (Å²) in [5.41, 5.74) is 0.376. The summed E-state index contributed by atoms with van der Waals surface area (Å²) in [5, 5.41) is 5.27. The Bertz CT molecular complexity index is 492. The van der Waals surface area contributed by atoms with Crippen molar-refractivity contribution in [3.8, 4) is 11.5 Å². The van der Waals surface area contributed by atoms with Crippen LogP contribution in [0.4, 0.5) is 0 Å². The van der Waals surface area contributed by atoms with E-state index >= 15 is 0 Å². The molecule has 21 heavy (non-hydrogen) atoms. The topological polar surface area (TPSA) is 76.7 Å². The number of hydrogen-bond donors (Lipinski definition) is 2. The summed E-state index contributed by atoms with van der Waals surface area (Å²) >= 11 is 0. The van der Waals surface area contributed by atoms with Crippen molar-refractivity contribution in [3.63, 3.8) is 0 Å². The molecule has 2 amide bonds. The molecule has 6 heteroatoms. The van der Waals surface area contributed by atoms with Crippen LogP contribution in [0.1, 0.15) is 24.2 Å². The Morgan fingerprint density at radius 2 is 1.57 bits per heavy atom. The largest absolute Gasteiger partial charge is 0.497 e. The summed E-state index contributed by atoms with van der Waals surface area (Å²) in [6, 6.07) is 4.27. The number of hydrogen-bond acceptors (Lipinski definition) is 4.